The molecule has 4 rings (SSSR count). The molecule has 120 valence electrons. The molecule has 0 unspecified atom stereocenters. The number of hydrogen-bond acceptors (Lipinski definition) is 5. The van der Waals surface area contributed by atoms with E-state index in [9.17, 15) is 4.79 Å². The van der Waals surface area contributed by atoms with Gasteiger partial charge in [-0.2, -0.15) is 5.10 Å². The quantitative estimate of drug-likeness (QED) is 0.551. The molecule has 1 aliphatic heterocycles. The van der Waals surface area contributed by atoms with Crippen LogP contribution >= 0.6 is 11.6 Å². The molecule has 3 heterocycles. The van der Waals surface area contributed by atoms with Crippen LogP contribution in [-0.2, 0) is 13.6 Å². The predicted octanol–water partition coefficient (Wildman–Crippen LogP) is 3.62. The highest BCUT2D eigenvalue weighted by atomic mass is 35.5. The van der Waals surface area contributed by atoms with Gasteiger partial charge in [-0.3, -0.25) is 9.48 Å². The number of hydrogen-bond donors (Lipinski definition) is 2. The van der Waals surface area contributed by atoms with Gasteiger partial charge >= 0.3 is 0 Å². The zero-order chi connectivity index (χ0) is 16.7. The number of aldehydes is 1. The number of halogens is 1. The molecule has 6 nitrogen and oxygen atoms in total. The molecular weight excluding hydrogens is 326 g/mol. The van der Waals surface area contributed by atoms with E-state index in [-0.39, 0.29) is 0 Å². The minimum absolute atomic E-state index is 0.369. The van der Waals surface area contributed by atoms with Crippen LogP contribution in [0.4, 0.5) is 17.2 Å². The minimum atomic E-state index is 0.369. The van der Waals surface area contributed by atoms with Crippen LogP contribution < -0.4 is 10.6 Å². The summed E-state index contributed by atoms with van der Waals surface area (Å²) >= 11 is 6.22. The first-order valence-electron chi connectivity index (χ1n) is 7.44. The standard InChI is InChI=1S/C17H14ClN5O/c1-23-6-5-13(22-23)11-7-15(18)20-17-12(11)8-19-14-4-2-3-10(9-24)16(14)21-17/h2-7,9,19H,8H2,1H3,(H,20,21). The van der Waals surface area contributed by atoms with Crippen LogP contribution in [0.15, 0.2) is 36.5 Å². The molecule has 1 aliphatic rings. The Balaban J connectivity index is 1.89. The van der Waals surface area contributed by atoms with Crippen molar-refractivity contribution >= 4 is 35.1 Å². The van der Waals surface area contributed by atoms with E-state index in [4.69, 9.17) is 11.6 Å². The number of carbonyl (C=O) groups excluding carboxylic acids is 1. The van der Waals surface area contributed by atoms with E-state index in [1.54, 1.807) is 10.7 Å². The van der Waals surface area contributed by atoms with Gasteiger partial charge in [0.05, 0.1) is 17.1 Å². The first-order valence-corrected chi connectivity index (χ1v) is 7.82. The SMILES string of the molecule is Cn1ccc(-c2cc(Cl)nc3c2CNc2cccc(C=O)c2N3)n1. The Morgan fingerprint density at radius 2 is 2.21 bits per heavy atom. The number of nitrogens with zero attached hydrogens (tertiary/aromatic N) is 3. The molecule has 0 fully saturated rings. The van der Waals surface area contributed by atoms with E-state index < -0.39 is 0 Å². The molecule has 0 radical (unpaired) electrons. The second-order valence-electron chi connectivity index (χ2n) is 5.56. The number of pyridine rings is 1. The number of nitrogens with one attached hydrogen (secondary N) is 2. The van der Waals surface area contributed by atoms with Crippen LogP contribution in [0.3, 0.4) is 0 Å². The second-order valence-corrected chi connectivity index (χ2v) is 5.95. The Kier molecular flexibility index (Phi) is 3.46. The van der Waals surface area contributed by atoms with Crippen molar-refractivity contribution in [3.8, 4) is 11.3 Å². The Morgan fingerprint density at radius 1 is 1.33 bits per heavy atom. The lowest BCUT2D eigenvalue weighted by Gasteiger charge is -2.12. The number of carbonyl (C=O) groups is 1. The van der Waals surface area contributed by atoms with Gasteiger partial charge in [0.2, 0.25) is 0 Å². The zero-order valence-electron chi connectivity index (χ0n) is 12.9. The van der Waals surface area contributed by atoms with Crippen molar-refractivity contribution in [1.82, 2.24) is 14.8 Å². The smallest absolute Gasteiger partial charge is 0.152 e. The fraction of sp³-hybridized carbons (Fsp3) is 0.118. The fourth-order valence-corrected chi connectivity index (χ4v) is 3.06. The van der Waals surface area contributed by atoms with E-state index in [1.165, 1.54) is 0 Å². The average molecular weight is 340 g/mol. The van der Waals surface area contributed by atoms with Crippen LogP contribution in [0.1, 0.15) is 15.9 Å². The summed E-state index contributed by atoms with van der Waals surface area (Å²) in [5.74, 6) is 0.628. The lowest BCUT2D eigenvalue weighted by Crippen LogP contribution is -2.03. The lowest BCUT2D eigenvalue weighted by atomic mass is 10.1. The summed E-state index contributed by atoms with van der Waals surface area (Å²) in [6.45, 7) is 0.549. The van der Waals surface area contributed by atoms with E-state index in [0.717, 1.165) is 28.8 Å². The van der Waals surface area contributed by atoms with E-state index in [2.05, 4.69) is 20.7 Å². The highest BCUT2D eigenvalue weighted by molar-refractivity contribution is 6.29. The summed E-state index contributed by atoms with van der Waals surface area (Å²) in [6, 6.07) is 9.26. The molecule has 0 amide bonds. The predicted molar refractivity (Wildman–Crippen MR) is 93.9 cm³/mol. The molecule has 2 N–H and O–H groups in total. The number of aryl methyl sites for hydroxylation is 1. The normalized spacial score (nSPS) is 12.4. The molecule has 24 heavy (non-hydrogen) atoms. The number of anilines is 3. The maximum Gasteiger partial charge on any atom is 0.152 e. The van der Waals surface area contributed by atoms with Crippen LogP contribution in [-0.4, -0.2) is 21.1 Å². The van der Waals surface area contributed by atoms with Gasteiger partial charge in [-0.15, -0.1) is 0 Å². The number of rotatable bonds is 2. The highest BCUT2D eigenvalue weighted by Gasteiger charge is 2.21. The first-order chi connectivity index (χ1) is 11.7. The minimum Gasteiger partial charge on any atom is -0.379 e. The van der Waals surface area contributed by atoms with Crippen molar-refractivity contribution in [3.63, 3.8) is 0 Å². The van der Waals surface area contributed by atoms with Crippen molar-refractivity contribution in [1.29, 1.82) is 0 Å². The molecule has 2 aromatic heterocycles. The van der Waals surface area contributed by atoms with Crippen LogP contribution in [0.2, 0.25) is 5.15 Å². The summed E-state index contributed by atoms with van der Waals surface area (Å²) < 4.78 is 1.74. The summed E-state index contributed by atoms with van der Waals surface area (Å²) in [5.41, 5.74) is 4.79. The van der Waals surface area contributed by atoms with Crippen molar-refractivity contribution in [3.05, 3.63) is 52.8 Å². The molecule has 0 saturated heterocycles. The molecule has 3 aromatic rings. The Labute approximate surface area is 143 Å². The Bertz CT molecular complexity index is 950. The monoisotopic (exact) mass is 339 g/mol. The first kappa shape index (κ1) is 14.7. The third-order valence-corrected chi connectivity index (χ3v) is 4.20. The number of para-hydroxylation sites is 1. The van der Waals surface area contributed by atoms with E-state index in [1.807, 2.05) is 37.5 Å². The maximum absolute atomic E-state index is 11.3. The van der Waals surface area contributed by atoms with Crippen molar-refractivity contribution in [2.24, 2.45) is 7.05 Å². The molecule has 7 heteroatoms. The van der Waals surface area contributed by atoms with E-state index in [0.29, 0.717) is 28.8 Å². The number of fused-ring (bicyclic) bond motifs is 2. The molecule has 0 aliphatic carbocycles. The van der Waals surface area contributed by atoms with Crippen LogP contribution in [0, 0.1) is 0 Å². The van der Waals surface area contributed by atoms with Gasteiger partial charge in [0.15, 0.2) is 6.29 Å². The van der Waals surface area contributed by atoms with Crippen molar-refractivity contribution in [2.45, 2.75) is 6.54 Å². The summed E-state index contributed by atoms with van der Waals surface area (Å²) in [6.07, 6.45) is 2.70. The third kappa shape index (κ3) is 2.41. The summed E-state index contributed by atoms with van der Waals surface area (Å²) in [4.78, 5) is 15.7. The van der Waals surface area contributed by atoms with Crippen LogP contribution in [0.5, 0.6) is 0 Å². The average Bonchev–Trinajstić information content (AvgIpc) is 2.91. The van der Waals surface area contributed by atoms with Gasteiger partial charge in [-0.1, -0.05) is 17.7 Å². The topological polar surface area (TPSA) is 71.8 Å². The summed E-state index contributed by atoms with van der Waals surface area (Å²) in [5, 5.41) is 11.4. The van der Waals surface area contributed by atoms with Gasteiger partial charge in [0.25, 0.3) is 0 Å². The van der Waals surface area contributed by atoms with Crippen molar-refractivity contribution in [2.75, 3.05) is 10.6 Å². The molecule has 0 atom stereocenters. The van der Waals surface area contributed by atoms with Gasteiger partial charge < -0.3 is 10.6 Å². The largest absolute Gasteiger partial charge is 0.379 e. The van der Waals surface area contributed by atoms with E-state index >= 15 is 0 Å². The van der Waals surface area contributed by atoms with Gasteiger partial charge in [0, 0.05) is 36.5 Å². The Morgan fingerprint density at radius 3 is 2.96 bits per heavy atom. The molecule has 0 saturated carbocycles. The fourth-order valence-electron chi connectivity index (χ4n) is 2.87. The van der Waals surface area contributed by atoms with Gasteiger partial charge in [-0.05, 0) is 24.3 Å². The zero-order valence-corrected chi connectivity index (χ0v) is 13.6. The van der Waals surface area contributed by atoms with Crippen LogP contribution in [0.25, 0.3) is 11.3 Å². The van der Waals surface area contributed by atoms with Crippen molar-refractivity contribution < 1.29 is 4.79 Å². The lowest BCUT2D eigenvalue weighted by molar-refractivity contribution is 0.112. The number of benzene rings is 1. The number of aromatic nitrogens is 3. The second kappa shape index (κ2) is 5.65. The third-order valence-electron chi connectivity index (χ3n) is 4.01. The maximum atomic E-state index is 11.3. The molecule has 0 bridgehead atoms. The molecule has 1 aromatic carbocycles. The molecule has 0 spiro atoms. The highest BCUT2D eigenvalue weighted by Crippen LogP contribution is 2.37. The molecular formula is C17H14ClN5O. The van der Waals surface area contributed by atoms with Gasteiger partial charge in [-0.25, -0.2) is 4.98 Å². The summed E-state index contributed by atoms with van der Waals surface area (Å²) in [7, 11) is 1.87. The Hall–Kier alpha value is -2.86. The van der Waals surface area contributed by atoms with Gasteiger partial charge in [0.1, 0.15) is 11.0 Å².